The summed E-state index contributed by atoms with van der Waals surface area (Å²) in [6, 6.07) is 3.19. The highest BCUT2D eigenvalue weighted by Gasteiger charge is 2.30. The zero-order chi connectivity index (χ0) is 12.4. The molecule has 4 heteroatoms. The number of aromatic nitrogens is 1. The Morgan fingerprint density at radius 2 is 2.29 bits per heavy atom. The second kappa shape index (κ2) is 5.23. The summed E-state index contributed by atoms with van der Waals surface area (Å²) in [4.78, 5) is 6.87. The molecular weight excluding hydrogens is 234 g/mol. The van der Waals surface area contributed by atoms with Gasteiger partial charge in [-0.25, -0.2) is 4.98 Å². The number of anilines is 1. The molecule has 3 nitrogen and oxygen atoms in total. The fourth-order valence-corrected chi connectivity index (χ4v) is 2.83. The number of halogens is 1. The Hall–Kier alpha value is -0.800. The van der Waals surface area contributed by atoms with Crippen LogP contribution in [-0.4, -0.2) is 17.1 Å². The summed E-state index contributed by atoms with van der Waals surface area (Å²) < 4.78 is 0. The molecule has 2 rings (SSSR count). The van der Waals surface area contributed by atoms with Gasteiger partial charge in [-0.3, -0.25) is 0 Å². The smallest absolute Gasteiger partial charge is 0.129 e. The third kappa shape index (κ3) is 2.40. The third-order valence-electron chi connectivity index (χ3n) is 3.66. The number of hydrogen-bond acceptors (Lipinski definition) is 3. The largest absolute Gasteiger partial charge is 0.351 e. The molecule has 0 bridgehead atoms. The Kier molecular flexibility index (Phi) is 3.89. The SMILES string of the molecule is CCC1CCC(C)N1c1cc(CN)c(Cl)cn1. The van der Waals surface area contributed by atoms with E-state index in [4.69, 9.17) is 17.3 Å². The van der Waals surface area contributed by atoms with Crippen LogP contribution < -0.4 is 10.6 Å². The molecule has 2 unspecified atom stereocenters. The minimum absolute atomic E-state index is 0.466. The van der Waals surface area contributed by atoms with Crippen molar-refractivity contribution < 1.29 is 0 Å². The highest BCUT2D eigenvalue weighted by molar-refractivity contribution is 6.31. The maximum Gasteiger partial charge on any atom is 0.129 e. The highest BCUT2D eigenvalue weighted by Crippen LogP contribution is 2.32. The van der Waals surface area contributed by atoms with Gasteiger partial charge in [-0.2, -0.15) is 0 Å². The quantitative estimate of drug-likeness (QED) is 0.901. The van der Waals surface area contributed by atoms with Crippen molar-refractivity contribution in [3.63, 3.8) is 0 Å². The van der Waals surface area contributed by atoms with E-state index in [2.05, 4.69) is 23.7 Å². The van der Waals surface area contributed by atoms with Crippen LogP contribution in [0.4, 0.5) is 5.82 Å². The second-order valence-electron chi connectivity index (χ2n) is 4.73. The van der Waals surface area contributed by atoms with E-state index in [1.54, 1.807) is 6.20 Å². The van der Waals surface area contributed by atoms with Crippen molar-refractivity contribution in [3.8, 4) is 0 Å². The van der Waals surface area contributed by atoms with Crippen LogP contribution in [0.25, 0.3) is 0 Å². The van der Waals surface area contributed by atoms with Gasteiger partial charge >= 0.3 is 0 Å². The predicted molar refractivity (Wildman–Crippen MR) is 72.4 cm³/mol. The van der Waals surface area contributed by atoms with E-state index >= 15 is 0 Å². The van der Waals surface area contributed by atoms with Crippen molar-refractivity contribution >= 4 is 17.4 Å². The third-order valence-corrected chi connectivity index (χ3v) is 4.00. The summed E-state index contributed by atoms with van der Waals surface area (Å²) in [5.41, 5.74) is 6.67. The van der Waals surface area contributed by atoms with E-state index < -0.39 is 0 Å². The molecule has 1 fully saturated rings. The molecule has 0 saturated carbocycles. The summed E-state index contributed by atoms with van der Waals surface area (Å²) in [5.74, 6) is 1.02. The first kappa shape index (κ1) is 12.7. The summed E-state index contributed by atoms with van der Waals surface area (Å²) in [6.45, 7) is 4.96. The lowest BCUT2D eigenvalue weighted by Crippen LogP contribution is -2.34. The molecule has 1 aromatic heterocycles. The molecule has 94 valence electrons. The number of nitrogens with zero attached hydrogens (tertiary/aromatic N) is 2. The number of pyridine rings is 1. The van der Waals surface area contributed by atoms with Crippen molar-refractivity contribution in [2.75, 3.05) is 4.90 Å². The highest BCUT2D eigenvalue weighted by atomic mass is 35.5. The van der Waals surface area contributed by atoms with E-state index in [0.29, 0.717) is 23.7 Å². The van der Waals surface area contributed by atoms with Crippen LogP contribution in [0.2, 0.25) is 5.02 Å². The van der Waals surface area contributed by atoms with Crippen molar-refractivity contribution in [3.05, 3.63) is 22.8 Å². The monoisotopic (exact) mass is 253 g/mol. The molecule has 0 spiro atoms. The molecule has 2 atom stereocenters. The van der Waals surface area contributed by atoms with E-state index in [9.17, 15) is 0 Å². The van der Waals surface area contributed by atoms with Crippen LogP contribution in [-0.2, 0) is 6.54 Å². The fraction of sp³-hybridized carbons (Fsp3) is 0.615. The predicted octanol–water partition coefficient (Wildman–Crippen LogP) is 2.96. The van der Waals surface area contributed by atoms with E-state index in [-0.39, 0.29) is 0 Å². The van der Waals surface area contributed by atoms with Crippen molar-refractivity contribution in [2.24, 2.45) is 5.73 Å². The Bertz CT molecular complexity index is 394. The van der Waals surface area contributed by atoms with Gasteiger partial charge in [-0.05, 0) is 37.8 Å². The van der Waals surface area contributed by atoms with Gasteiger partial charge in [0.1, 0.15) is 5.82 Å². The molecule has 0 aliphatic carbocycles. The Labute approximate surface area is 108 Å². The molecule has 2 heterocycles. The molecule has 1 aromatic rings. The normalized spacial score (nSPS) is 24.4. The molecule has 0 aromatic carbocycles. The van der Waals surface area contributed by atoms with Crippen LogP contribution in [0.5, 0.6) is 0 Å². The van der Waals surface area contributed by atoms with Gasteiger partial charge in [-0.1, -0.05) is 18.5 Å². The number of hydrogen-bond donors (Lipinski definition) is 1. The summed E-state index contributed by atoms with van der Waals surface area (Å²) >= 11 is 6.05. The van der Waals surface area contributed by atoms with Crippen LogP contribution in [0.1, 0.15) is 38.7 Å². The van der Waals surface area contributed by atoms with Gasteiger partial charge in [0.05, 0.1) is 5.02 Å². The maximum absolute atomic E-state index is 6.05. The average molecular weight is 254 g/mol. The van der Waals surface area contributed by atoms with Crippen molar-refractivity contribution in [1.29, 1.82) is 0 Å². The van der Waals surface area contributed by atoms with E-state index in [0.717, 1.165) is 17.8 Å². The molecule has 17 heavy (non-hydrogen) atoms. The summed E-state index contributed by atoms with van der Waals surface area (Å²) in [5, 5.41) is 0.663. The van der Waals surface area contributed by atoms with Gasteiger partial charge in [0.25, 0.3) is 0 Å². The number of rotatable bonds is 3. The van der Waals surface area contributed by atoms with Crippen molar-refractivity contribution in [1.82, 2.24) is 4.98 Å². The zero-order valence-corrected chi connectivity index (χ0v) is 11.2. The van der Waals surface area contributed by atoms with Crippen LogP contribution in [0, 0.1) is 0 Å². The number of nitrogens with two attached hydrogens (primary N) is 1. The summed E-state index contributed by atoms with van der Waals surface area (Å²) in [7, 11) is 0. The molecule has 1 aliphatic heterocycles. The minimum Gasteiger partial charge on any atom is -0.351 e. The molecule has 1 saturated heterocycles. The Balaban J connectivity index is 2.32. The second-order valence-corrected chi connectivity index (χ2v) is 5.14. The lowest BCUT2D eigenvalue weighted by Gasteiger charge is -2.29. The molecule has 1 aliphatic rings. The first-order valence-corrected chi connectivity index (χ1v) is 6.68. The minimum atomic E-state index is 0.466. The van der Waals surface area contributed by atoms with E-state index in [1.165, 1.54) is 12.8 Å². The molecule has 0 radical (unpaired) electrons. The fourth-order valence-electron chi connectivity index (χ4n) is 2.65. The van der Waals surface area contributed by atoms with Crippen LogP contribution >= 0.6 is 11.6 Å². The maximum atomic E-state index is 6.05. The molecule has 2 N–H and O–H groups in total. The van der Waals surface area contributed by atoms with E-state index in [1.807, 2.05) is 6.07 Å². The first-order valence-electron chi connectivity index (χ1n) is 6.30. The lowest BCUT2D eigenvalue weighted by atomic mass is 10.1. The average Bonchev–Trinajstić information content (AvgIpc) is 2.71. The standard InChI is InChI=1S/C13H20ClN3/c1-3-11-5-4-9(2)17(11)13-6-10(7-15)12(14)8-16-13/h6,8-9,11H,3-5,7,15H2,1-2H3. The van der Waals surface area contributed by atoms with Crippen LogP contribution in [0.15, 0.2) is 12.3 Å². The summed E-state index contributed by atoms with van der Waals surface area (Å²) in [6.07, 6.45) is 5.37. The van der Waals surface area contributed by atoms with Crippen LogP contribution in [0.3, 0.4) is 0 Å². The molecular formula is C13H20ClN3. The first-order chi connectivity index (χ1) is 8.17. The van der Waals surface area contributed by atoms with Gasteiger partial charge in [-0.15, -0.1) is 0 Å². The zero-order valence-electron chi connectivity index (χ0n) is 10.5. The topological polar surface area (TPSA) is 42.1 Å². The van der Waals surface area contributed by atoms with Gasteiger partial charge in [0, 0.05) is 24.8 Å². The Morgan fingerprint density at radius 1 is 1.53 bits per heavy atom. The Morgan fingerprint density at radius 3 is 2.94 bits per heavy atom. The molecule has 0 amide bonds. The lowest BCUT2D eigenvalue weighted by molar-refractivity contribution is 0.621. The van der Waals surface area contributed by atoms with Gasteiger partial charge < -0.3 is 10.6 Å². The van der Waals surface area contributed by atoms with Crippen molar-refractivity contribution in [2.45, 2.75) is 51.7 Å². The van der Waals surface area contributed by atoms with Gasteiger partial charge in [0.15, 0.2) is 0 Å². The van der Waals surface area contributed by atoms with Gasteiger partial charge in [0.2, 0.25) is 0 Å².